The second kappa shape index (κ2) is 7.58. The smallest absolute Gasteiger partial charge is 0.329 e. The van der Waals surface area contributed by atoms with E-state index < -0.39 is 0 Å². The third-order valence-electron chi connectivity index (χ3n) is 4.38. The van der Waals surface area contributed by atoms with Crippen molar-refractivity contribution in [2.75, 3.05) is 26.4 Å². The number of likely N-dealkylation sites (tertiary alicyclic amines) is 1. The molecule has 3 amide bonds. The van der Waals surface area contributed by atoms with Gasteiger partial charge >= 0.3 is 12.0 Å². The summed E-state index contributed by atoms with van der Waals surface area (Å²) in [5.74, 6) is -0.286. The quantitative estimate of drug-likeness (QED) is 0.513. The maximum atomic E-state index is 12.2. The molecule has 0 saturated carbocycles. The zero-order valence-electron chi connectivity index (χ0n) is 13.4. The van der Waals surface area contributed by atoms with Gasteiger partial charge in [-0.25, -0.2) is 9.69 Å². The van der Waals surface area contributed by atoms with Crippen molar-refractivity contribution in [3.05, 3.63) is 0 Å². The minimum absolute atomic E-state index is 0.0420. The largest absolute Gasteiger partial charge is 0.466 e. The van der Waals surface area contributed by atoms with Gasteiger partial charge in [0.05, 0.1) is 25.6 Å². The number of carbonyl (C=O) groups is 3. The number of piperidine rings is 1. The first-order chi connectivity index (χ1) is 10.6. The second-order valence-corrected chi connectivity index (χ2v) is 5.99. The van der Waals surface area contributed by atoms with Crippen LogP contribution >= 0.6 is 0 Å². The van der Waals surface area contributed by atoms with Crippen LogP contribution in [0.3, 0.4) is 0 Å². The molecule has 0 aromatic heterocycles. The molecule has 7 heteroatoms. The summed E-state index contributed by atoms with van der Waals surface area (Å²) < 4.78 is 5.05. The molecule has 2 rings (SSSR count). The average molecular weight is 312 g/mol. The molecule has 0 aliphatic carbocycles. The Morgan fingerprint density at radius 3 is 2.59 bits per heavy atom. The lowest BCUT2D eigenvalue weighted by atomic mass is 9.97. The molecular weight excluding hydrogens is 286 g/mol. The van der Waals surface area contributed by atoms with Gasteiger partial charge in [-0.15, -0.1) is 0 Å². The maximum Gasteiger partial charge on any atom is 0.329 e. The van der Waals surface area contributed by atoms with Gasteiger partial charge in [0.25, 0.3) is 5.91 Å². The molecule has 2 heterocycles. The Bertz CT molecular complexity index is 433. The molecule has 124 valence electrons. The van der Waals surface area contributed by atoms with E-state index in [1.54, 1.807) is 0 Å². The molecule has 0 radical (unpaired) electrons. The van der Waals surface area contributed by atoms with Crippen LogP contribution in [0.25, 0.3) is 0 Å². The van der Waals surface area contributed by atoms with Gasteiger partial charge in [0.15, 0.2) is 6.67 Å². The van der Waals surface area contributed by atoms with Gasteiger partial charge in [-0.05, 0) is 13.3 Å². The number of hydrogen-bond acceptors (Lipinski definition) is 4. The monoisotopic (exact) mass is 312 g/mol. The maximum absolute atomic E-state index is 12.2. The number of amides is 3. The molecular formula is C15H26N3O4+. The first-order valence-electron chi connectivity index (χ1n) is 8.18. The molecule has 22 heavy (non-hydrogen) atoms. The number of imide groups is 1. The summed E-state index contributed by atoms with van der Waals surface area (Å²) >= 11 is 0. The Morgan fingerprint density at radius 2 is 2.00 bits per heavy atom. The average Bonchev–Trinajstić information content (AvgIpc) is 2.76. The van der Waals surface area contributed by atoms with Gasteiger partial charge in [-0.3, -0.25) is 9.59 Å². The van der Waals surface area contributed by atoms with Crippen molar-refractivity contribution < 1.29 is 24.0 Å². The highest BCUT2D eigenvalue weighted by atomic mass is 16.5. The van der Waals surface area contributed by atoms with Crippen LogP contribution < -0.4 is 10.2 Å². The van der Waals surface area contributed by atoms with Crippen molar-refractivity contribution >= 4 is 17.9 Å². The van der Waals surface area contributed by atoms with Gasteiger partial charge < -0.3 is 15.0 Å². The topological polar surface area (TPSA) is 80.2 Å². The Labute approximate surface area is 131 Å². The zero-order chi connectivity index (χ0) is 16.1. The Morgan fingerprint density at radius 1 is 1.32 bits per heavy atom. The minimum atomic E-state index is -0.367. The number of quaternary nitrogens is 1. The SMILES string of the molecule is CCC[C@@H]1NC(=O)N(C[NH+]2CCC(C(=O)OCC)CC2)C1=O. The predicted octanol–water partition coefficient (Wildman–Crippen LogP) is -0.478. The molecule has 0 spiro atoms. The fourth-order valence-electron chi connectivity index (χ4n) is 3.11. The van der Waals surface area contributed by atoms with Crippen molar-refractivity contribution in [2.45, 2.75) is 45.6 Å². The van der Waals surface area contributed by atoms with E-state index in [0.29, 0.717) is 19.7 Å². The van der Waals surface area contributed by atoms with E-state index >= 15 is 0 Å². The normalized spacial score (nSPS) is 28.6. The van der Waals surface area contributed by atoms with Crippen LogP contribution in [0.5, 0.6) is 0 Å². The number of ether oxygens (including phenoxy) is 1. The molecule has 0 aromatic rings. The molecule has 2 aliphatic heterocycles. The minimum Gasteiger partial charge on any atom is -0.466 e. The lowest BCUT2D eigenvalue weighted by molar-refractivity contribution is -0.913. The van der Waals surface area contributed by atoms with Crippen LogP contribution in [0.15, 0.2) is 0 Å². The van der Waals surface area contributed by atoms with Gasteiger partial charge in [0.1, 0.15) is 6.04 Å². The van der Waals surface area contributed by atoms with Gasteiger partial charge in [-0.2, -0.15) is 0 Å². The standard InChI is InChI=1S/C15H25N3O4/c1-3-5-12-13(19)18(15(21)16-12)10-17-8-6-11(7-9-17)14(20)22-4-2/h11-12H,3-10H2,1-2H3,(H,16,21)/p+1/t12-/m0/s1. The number of rotatable bonds is 6. The lowest BCUT2D eigenvalue weighted by Crippen LogP contribution is -3.14. The highest BCUT2D eigenvalue weighted by Gasteiger charge is 2.40. The Kier molecular flexibility index (Phi) is 5.76. The van der Waals surface area contributed by atoms with Crippen LogP contribution in [0, 0.1) is 5.92 Å². The summed E-state index contributed by atoms with van der Waals surface area (Å²) in [6.07, 6.45) is 3.04. The molecule has 2 fully saturated rings. The number of hydrogen-bond donors (Lipinski definition) is 2. The molecule has 1 atom stereocenters. The number of urea groups is 1. The van der Waals surface area contributed by atoms with E-state index in [1.165, 1.54) is 9.80 Å². The van der Waals surface area contributed by atoms with Crippen molar-refractivity contribution in [1.29, 1.82) is 0 Å². The first kappa shape index (κ1) is 16.7. The third-order valence-corrected chi connectivity index (χ3v) is 4.38. The molecule has 2 saturated heterocycles. The molecule has 0 unspecified atom stereocenters. The van der Waals surface area contributed by atoms with Crippen LogP contribution in [0.1, 0.15) is 39.5 Å². The van der Waals surface area contributed by atoms with Crippen LogP contribution in [0.2, 0.25) is 0 Å². The Balaban J connectivity index is 1.82. The van der Waals surface area contributed by atoms with Crippen molar-refractivity contribution in [2.24, 2.45) is 5.92 Å². The van der Waals surface area contributed by atoms with Crippen molar-refractivity contribution in [3.8, 4) is 0 Å². The van der Waals surface area contributed by atoms with Crippen molar-refractivity contribution in [3.63, 3.8) is 0 Å². The lowest BCUT2D eigenvalue weighted by Gasteiger charge is -2.29. The highest BCUT2D eigenvalue weighted by molar-refractivity contribution is 6.03. The summed E-state index contributed by atoms with van der Waals surface area (Å²) in [6, 6.07) is -0.655. The van der Waals surface area contributed by atoms with E-state index in [2.05, 4.69) is 5.32 Å². The number of esters is 1. The summed E-state index contributed by atoms with van der Waals surface area (Å²) in [5.41, 5.74) is 0. The third kappa shape index (κ3) is 3.76. The fraction of sp³-hybridized carbons (Fsp3) is 0.800. The Hall–Kier alpha value is -1.63. The number of nitrogens with zero attached hydrogens (tertiary/aromatic N) is 1. The molecule has 0 bridgehead atoms. The van der Waals surface area contributed by atoms with Gasteiger partial charge in [0, 0.05) is 12.8 Å². The number of nitrogens with one attached hydrogen (secondary N) is 2. The van der Waals surface area contributed by atoms with Gasteiger partial charge in [0.2, 0.25) is 0 Å². The summed E-state index contributed by atoms with van der Waals surface area (Å²) in [5, 5.41) is 2.74. The first-order valence-corrected chi connectivity index (χ1v) is 8.18. The predicted molar refractivity (Wildman–Crippen MR) is 79.0 cm³/mol. The van der Waals surface area contributed by atoms with Crippen LogP contribution in [-0.4, -0.2) is 55.2 Å². The van der Waals surface area contributed by atoms with E-state index in [1.807, 2.05) is 13.8 Å². The molecule has 7 nitrogen and oxygen atoms in total. The van der Waals surface area contributed by atoms with Gasteiger partial charge in [-0.1, -0.05) is 13.3 Å². The summed E-state index contributed by atoms with van der Waals surface area (Å²) in [6.45, 7) is 6.15. The van der Waals surface area contributed by atoms with E-state index in [0.717, 1.165) is 32.4 Å². The second-order valence-electron chi connectivity index (χ2n) is 5.99. The zero-order valence-corrected chi connectivity index (χ0v) is 13.4. The fourth-order valence-corrected chi connectivity index (χ4v) is 3.11. The van der Waals surface area contributed by atoms with E-state index in [4.69, 9.17) is 4.74 Å². The molecule has 2 N–H and O–H groups in total. The summed E-state index contributed by atoms with van der Waals surface area (Å²) in [7, 11) is 0. The van der Waals surface area contributed by atoms with Crippen molar-refractivity contribution in [1.82, 2.24) is 10.2 Å². The highest BCUT2D eigenvalue weighted by Crippen LogP contribution is 2.13. The van der Waals surface area contributed by atoms with E-state index in [-0.39, 0.29) is 29.9 Å². The number of carbonyl (C=O) groups excluding carboxylic acids is 3. The van der Waals surface area contributed by atoms with E-state index in [9.17, 15) is 14.4 Å². The van der Waals surface area contributed by atoms with Crippen LogP contribution in [0.4, 0.5) is 4.79 Å². The summed E-state index contributed by atoms with van der Waals surface area (Å²) in [4.78, 5) is 38.3. The molecule has 0 aromatic carbocycles. The molecule has 2 aliphatic rings. The van der Waals surface area contributed by atoms with Crippen LogP contribution in [-0.2, 0) is 14.3 Å².